The summed E-state index contributed by atoms with van der Waals surface area (Å²) in [7, 11) is 0. The van der Waals surface area contributed by atoms with Crippen molar-refractivity contribution in [3.63, 3.8) is 0 Å². The predicted octanol–water partition coefficient (Wildman–Crippen LogP) is 1.35. The molecule has 7 heteroatoms. The van der Waals surface area contributed by atoms with E-state index in [9.17, 15) is 9.59 Å². The fraction of sp³-hybridized carbons (Fsp3) is 0.364. The Morgan fingerprint density at radius 2 is 2.06 bits per heavy atom. The monoisotopic (exact) mass is 271 g/mol. The molecule has 1 heterocycles. The van der Waals surface area contributed by atoms with Gasteiger partial charge in [0, 0.05) is 0 Å². The van der Waals surface area contributed by atoms with Gasteiger partial charge in [0.1, 0.15) is 17.0 Å². The maximum Gasteiger partial charge on any atom is 0.335 e. The first kappa shape index (κ1) is 14.2. The maximum atomic E-state index is 11.2. The van der Waals surface area contributed by atoms with Crippen molar-refractivity contribution in [2.45, 2.75) is 19.9 Å². The molecule has 0 saturated carbocycles. The van der Waals surface area contributed by atoms with Crippen molar-refractivity contribution in [2.75, 3.05) is 5.32 Å². The number of nitrogens with two attached hydrogens (primary N) is 1. The third-order valence-corrected chi connectivity index (χ3v) is 2.51. The van der Waals surface area contributed by atoms with E-state index in [-0.39, 0.29) is 22.5 Å². The topological polar surface area (TPSA) is 105 Å². The molecule has 1 rings (SSSR count). The van der Waals surface area contributed by atoms with Crippen LogP contribution < -0.4 is 11.1 Å². The number of aromatic nitrogens is 1. The van der Waals surface area contributed by atoms with Gasteiger partial charge in [-0.05, 0) is 18.1 Å². The number of primary amides is 1. The second kappa shape index (κ2) is 5.68. The second-order valence-corrected chi connectivity index (χ2v) is 4.52. The number of nitrogens with zero attached hydrogens (tertiary/aromatic N) is 1. The molecular formula is C11H14ClN3O3. The lowest BCUT2D eigenvalue weighted by atomic mass is 10.0. The number of pyridine rings is 1. The molecule has 0 aromatic carbocycles. The number of nitrogens with one attached hydrogen (secondary N) is 1. The van der Waals surface area contributed by atoms with Crippen LogP contribution in [0.3, 0.4) is 0 Å². The van der Waals surface area contributed by atoms with Gasteiger partial charge in [-0.2, -0.15) is 0 Å². The molecule has 0 aliphatic rings. The average molecular weight is 272 g/mol. The van der Waals surface area contributed by atoms with Crippen LogP contribution in [0.2, 0.25) is 5.15 Å². The van der Waals surface area contributed by atoms with Crippen molar-refractivity contribution in [2.24, 2.45) is 11.7 Å². The summed E-state index contributed by atoms with van der Waals surface area (Å²) >= 11 is 5.71. The number of aromatic carboxylic acids is 1. The molecule has 0 bridgehead atoms. The van der Waals surface area contributed by atoms with Crippen LogP contribution >= 0.6 is 11.6 Å². The number of halogens is 1. The minimum absolute atomic E-state index is 0.00974. The first-order valence-electron chi connectivity index (χ1n) is 5.28. The number of hydrogen-bond donors (Lipinski definition) is 3. The molecular weight excluding hydrogens is 258 g/mol. The highest BCUT2D eigenvalue weighted by Gasteiger charge is 2.20. The molecule has 4 N–H and O–H groups in total. The van der Waals surface area contributed by atoms with Gasteiger partial charge in [-0.15, -0.1) is 0 Å². The van der Waals surface area contributed by atoms with E-state index in [2.05, 4.69) is 10.3 Å². The van der Waals surface area contributed by atoms with Crippen LogP contribution in [0, 0.1) is 5.92 Å². The SMILES string of the molecule is CC(C)C(Nc1cc(C(=O)O)cc(Cl)n1)C(N)=O. The van der Waals surface area contributed by atoms with E-state index in [0.29, 0.717) is 0 Å². The summed E-state index contributed by atoms with van der Waals surface area (Å²) in [5, 5.41) is 11.7. The number of hydrogen-bond acceptors (Lipinski definition) is 4. The highest BCUT2D eigenvalue weighted by Crippen LogP contribution is 2.17. The van der Waals surface area contributed by atoms with Crippen molar-refractivity contribution in [1.82, 2.24) is 4.98 Å². The highest BCUT2D eigenvalue weighted by atomic mass is 35.5. The van der Waals surface area contributed by atoms with Crippen molar-refractivity contribution < 1.29 is 14.7 Å². The van der Waals surface area contributed by atoms with Crippen LogP contribution in [0.15, 0.2) is 12.1 Å². The summed E-state index contributed by atoms with van der Waals surface area (Å²) in [5.74, 6) is -1.51. The minimum atomic E-state index is -1.12. The van der Waals surface area contributed by atoms with Crippen LogP contribution in [0.5, 0.6) is 0 Å². The molecule has 18 heavy (non-hydrogen) atoms. The quantitative estimate of drug-likeness (QED) is 0.701. The molecule has 0 aliphatic carbocycles. The predicted molar refractivity (Wildman–Crippen MR) is 67.6 cm³/mol. The van der Waals surface area contributed by atoms with Gasteiger partial charge < -0.3 is 16.2 Å². The average Bonchev–Trinajstić information content (AvgIpc) is 2.24. The molecule has 0 spiro atoms. The highest BCUT2D eigenvalue weighted by molar-refractivity contribution is 6.29. The third kappa shape index (κ3) is 3.59. The van der Waals surface area contributed by atoms with E-state index >= 15 is 0 Å². The van der Waals surface area contributed by atoms with Crippen molar-refractivity contribution >= 4 is 29.3 Å². The number of carbonyl (C=O) groups excluding carboxylic acids is 1. The van der Waals surface area contributed by atoms with Crippen molar-refractivity contribution in [1.29, 1.82) is 0 Å². The second-order valence-electron chi connectivity index (χ2n) is 4.14. The summed E-state index contributed by atoms with van der Waals surface area (Å²) in [6, 6.07) is 1.88. The zero-order chi connectivity index (χ0) is 13.9. The van der Waals surface area contributed by atoms with E-state index in [4.69, 9.17) is 22.4 Å². The number of carboxylic acids is 1. The van der Waals surface area contributed by atoms with Gasteiger partial charge in [0.2, 0.25) is 5.91 Å². The molecule has 1 atom stereocenters. The molecule has 6 nitrogen and oxygen atoms in total. The Morgan fingerprint density at radius 1 is 1.44 bits per heavy atom. The fourth-order valence-electron chi connectivity index (χ4n) is 1.42. The Morgan fingerprint density at radius 3 is 2.50 bits per heavy atom. The van der Waals surface area contributed by atoms with E-state index in [0.717, 1.165) is 0 Å². The standard InChI is InChI=1S/C11H14ClN3O3/c1-5(2)9(10(13)16)15-8-4-6(11(17)18)3-7(12)14-8/h3-5,9H,1-2H3,(H2,13,16)(H,14,15)(H,17,18). The summed E-state index contributed by atoms with van der Waals surface area (Å²) in [4.78, 5) is 26.0. The molecule has 1 unspecified atom stereocenters. The summed E-state index contributed by atoms with van der Waals surface area (Å²) in [5.41, 5.74) is 5.23. The third-order valence-electron chi connectivity index (χ3n) is 2.32. The molecule has 0 saturated heterocycles. The zero-order valence-electron chi connectivity index (χ0n) is 9.98. The molecule has 98 valence electrons. The molecule has 1 amide bonds. The Kier molecular flexibility index (Phi) is 4.49. The van der Waals surface area contributed by atoms with Gasteiger partial charge in [0.05, 0.1) is 5.56 Å². The van der Waals surface area contributed by atoms with Gasteiger partial charge in [0.25, 0.3) is 0 Å². The van der Waals surface area contributed by atoms with Gasteiger partial charge in [-0.25, -0.2) is 9.78 Å². The van der Waals surface area contributed by atoms with Gasteiger partial charge in [0.15, 0.2) is 0 Å². The molecule has 1 aromatic heterocycles. The summed E-state index contributed by atoms with van der Waals surface area (Å²) < 4.78 is 0. The van der Waals surface area contributed by atoms with Crippen molar-refractivity contribution in [3.8, 4) is 0 Å². The van der Waals surface area contributed by atoms with Crippen molar-refractivity contribution in [3.05, 3.63) is 22.8 Å². The Hall–Kier alpha value is -1.82. The van der Waals surface area contributed by atoms with E-state index in [1.165, 1.54) is 12.1 Å². The molecule has 0 radical (unpaired) electrons. The van der Waals surface area contributed by atoms with Crippen LogP contribution in [0.25, 0.3) is 0 Å². The number of amides is 1. The summed E-state index contributed by atoms with van der Waals surface area (Å²) in [6.45, 7) is 3.62. The lowest BCUT2D eigenvalue weighted by Crippen LogP contribution is -2.39. The molecule has 0 fully saturated rings. The van der Waals surface area contributed by atoms with Crippen LogP contribution in [-0.2, 0) is 4.79 Å². The minimum Gasteiger partial charge on any atom is -0.478 e. The lowest BCUT2D eigenvalue weighted by molar-refractivity contribution is -0.119. The lowest BCUT2D eigenvalue weighted by Gasteiger charge is -2.19. The van der Waals surface area contributed by atoms with Crippen LogP contribution in [0.1, 0.15) is 24.2 Å². The Balaban J connectivity index is 3.03. The maximum absolute atomic E-state index is 11.2. The normalized spacial score (nSPS) is 12.2. The van der Waals surface area contributed by atoms with Crippen LogP contribution in [-0.4, -0.2) is 28.0 Å². The zero-order valence-corrected chi connectivity index (χ0v) is 10.7. The number of carboxylic acid groups (broad SMARTS) is 1. The van der Waals surface area contributed by atoms with Gasteiger partial charge in [-0.3, -0.25) is 4.79 Å². The van der Waals surface area contributed by atoms with Gasteiger partial charge in [-0.1, -0.05) is 25.4 Å². The number of carbonyl (C=O) groups is 2. The molecule has 1 aromatic rings. The Labute approximate surface area is 109 Å². The molecule has 0 aliphatic heterocycles. The van der Waals surface area contributed by atoms with Crippen LogP contribution in [0.4, 0.5) is 5.82 Å². The first-order valence-corrected chi connectivity index (χ1v) is 5.65. The smallest absolute Gasteiger partial charge is 0.335 e. The van der Waals surface area contributed by atoms with E-state index in [1.54, 1.807) is 0 Å². The fourth-order valence-corrected chi connectivity index (χ4v) is 1.63. The van der Waals surface area contributed by atoms with E-state index < -0.39 is 17.9 Å². The number of anilines is 1. The largest absolute Gasteiger partial charge is 0.478 e. The Bertz CT molecular complexity index is 477. The number of rotatable bonds is 5. The van der Waals surface area contributed by atoms with E-state index in [1.807, 2.05) is 13.8 Å². The first-order chi connectivity index (χ1) is 8.31. The van der Waals surface area contributed by atoms with Gasteiger partial charge >= 0.3 is 5.97 Å². The summed E-state index contributed by atoms with van der Waals surface area (Å²) in [6.07, 6.45) is 0.